The van der Waals surface area contributed by atoms with Gasteiger partial charge in [0.25, 0.3) is 0 Å². The monoisotopic (exact) mass is 495 g/mol. The Balaban J connectivity index is 1.57. The van der Waals surface area contributed by atoms with Crippen LogP contribution in [0, 0.1) is 6.57 Å². The van der Waals surface area contributed by atoms with Crippen LogP contribution in [0.25, 0.3) is 10.7 Å². The van der Waals surface area contributed by atoms with E-state index in [0.29, 0.717) is 42.8 Å². The van der Waals surface area contributed by atoms with E-state index in [0.717, 1.165) is 16.9 Å². The molecular weight excluding hydrogens is 466 g/mol. The summed E-state index contributed by atoms with van der Waals surface area (Å²) in [7, 11) is 1.62. The molecule has 1 atom stereocenters. The number of rotatable bonds is 11. The summed E-state index contributed by atoms with van der Waals surface area (Å²) < 4.78 is 7.15. The van der Waals surface area contributed by atoms with E-state index in [1.54, 1.807) is 19.2 Å². The molecule has 0 unspecified atom stereocenters. The third-order valence-corrected chi connectivity index (χ3v) is 5.69. The van der Waals surface area contributed by atoms with E-state index >= 15 is 0 Å². The molecule has 4 aromatic rings. The van der Waals surface area contributed by atoms with E-state index in [-0.39, 0.29) is 5.91 Å². The molecule has 0 spiro atoms. The van der Waals surface area contributed by atoms with Crippen molar-refractivity contribution in [2.45, 2.75) is 25.9 Å². The molecule has 4 rings (SSSR count). The first kappa shape index (κ1) is 25.3. The number of methoxy groups -OCH3 is 1. The van der Waals surface area contributed by atoms with Crippen LogP contribution >= 0.6 is 0 Å². The van der Waals surface area contributed by atoms with Gasteiger partial charge in [-0.2, -0.15) is 9.97 Å². The zero-order valence-electron chi connectivity index (χ0n) is 20.8. The summed E-state index contributed by atoms with van der Waals surface area (Å²) in [5, 5.41) is 9.50. The summed E-state index contributed by atoms with van der Waals surface area (Å²) in [6.45, 7) is 10.1. The van der Waals surface area contributed by atoms with E-state index < -0.39 is 6.04 Å². The Morgan fingerprint density at radius 2 is 1.76 bits per heavy atom. The van der Waals surface area contributed by atoms with Gasteiger partial charge in [0.2, 0.25) is 11.9 Å². The predicted octanol–water partition coefficient (Wildman–Crippen LogP) is 4.60. The van der Waals surface area contributed by atoms with E-state index in [1.165, 1.54) is 0 Å². The van der Waals surface area contributed by atoms with Crippen LogP contribution in [0.5, 0.6) is 5.75 Å². The van der Waals surface area contributed by atoms with Crippen molar-refractivity contribution in [2.75, 3.05) is 24.3 Å². The minimum atomic E-state index is -0.599. The molecule has 0 radical (unpaired) electrons. The van der Waals surface area contributed by atoms with Crippen LogP contribution in [0.3, 0.4) is 0 Å². The average Bonchev–Trinajstić information content (AvgIpc) is 3.47. The SMILES string of the molecule is [C-]#[N+]c1ccc(CNC(=O)[C@@H](Cc2ccc(OC)cc2)Nc2cc(-n3cccc3)nc(NCC)n2)cc1. The molecule has 0 aliphatic carbocycles. The van der Waals surface area contributed by atoms with E-state index in [9.17, 15) is 4.79 Å². The van der Waals surface area contributed by atoms with Gasteiger partial charge in [0, 0.05) is 38.0 Å². The summed E-state index contributed by atoms with van der Waals surface area (Å²) in [5.74, 6) is 2.27. The Morgan fingerprint density at radius 3 is 2.41 bits per heavy atom. The van der Waals surface area contributed by atoms with Gasteiger partial charge in [-0.25, -0.2) is 4.85 Å². The third-order valence-electron chi connectivity index (χ3n) is 5.69. The minimum absolute atomic E-state index is 0.170. The van der Waals surface area contributed by atoms with Crippen molar-refractivity contribution in [1.82, 2.24) is 19.9 Å². The third kappa shape index (κ3) is 6.86. The molecule has 2 aromatic heterocycles. The Bertz CT molecular complexity index is 1350. The molecule has 0 fully saturated rings. The summed E-state index contributed by atoms with van der Waals surface area (Å²) in [4.78, 5) is 26.0. The van der Waals surface area contributed by atoms with Gasteiger partial charge in [-0.3, -0.25) is 4.79 Å². The number of benzene rings is 2. The van der Waals surface area contributed by atoms with Crippen molar-refractivity contribution in [3.05, 3.63) is 102 Å². The molecule has 0 aliphatic rings. The normalized spacial score (nSPS) is 11.3. The summed E-state index contributed by atoms with van der Waals surface area (Å²) in [5.41, 5.74) is 2.45. The second kappa shape index (κ2) is 12.2. The van der Waals surface area contributed by atoms with Crippen LogP contribution in [0.1, 0.15) is 18.1 Å². The zero-order chi connectivity index (χ0) is 26.0. The highest BCUT2D eigenvalue weighted by atomic mass is 16.5. The number of hydrogen-bond donors (Lipinski definition) is 3. The fourth-order valence-corrected chi connectivity index (χ4v) is 3.75. The fraction of sp³-hybridized carbons (Fsp3) is 0.214. The first-order valence-corrected chi connectivity index (χ1v) is 12.0. The lowest BCUT2D eigenvalue weighted by atomic mass is 10.0. The number of aromatic nitrogens is 3. The maximum atomic E-state index is 13.4. The van der Waals surface area contributed by atoms with Crippen molar-refractivity contribution in [2.24, 2.45) is 0 Å². The number of amides is 1. The second-order valence-corrected chi connectivity index (χ2v) is 8.30. The molecule has 9 nitrogen and oxygen atoms in total. The van der Waals surface area contributed by atoms with Crippen LogP contribution in [0.2, 0.25) is 0 Å². The van der Waals surface area contributed by atoms with Gasteiger partial charge >= 0.3 is 0 Å². The zero-order valence-corrected chi connectivity index (χ0v) is 20.8. The molecule has 0 bridgehead atoms. The Labute approximate surface area is 216 Å². The number of nitrogens with zero attached hydrogens (tertiary/aromatic N) is 4. The Kier molecular flexibility index (Phi) is 8.34. The van der Waals surface area contributed by atoms with Gasteiger partial charge in [-0.1, -0.05) is 36.4 Å². The smallest absolute Gasteiger partial charge is 0.243 e. The van der Waals surface area contributed by atoms with Crippen LogP contribution < -0.4 is 20.7 Å². The molecule has 2 aromatic carbocycles. The van der Waals surface area contributed by atoms with Crippen molar-refractivity contribution < 1.29 is 9.53 Å². The molecule has 0 saturated carbocycles. The highest BCUT2D eigenvalue weighted by Gasteiger charge is 2.20. The molecule has 188 valence electrons. The van der Waals surface area contributed by atoms with Crippen LogP contribution in [0.15, 0.2) is 79.1 Å². The van der Waals surface area contributed by atoms with Gasteiger partial charge in [0.05, 0.1) is 13.7 Å². The van der Waals surface area contributed by atoms with Gasteiger partial charge in [-0.05, 0) is 42.3 Å². The lowest BCUT2D eigenvalue weighted by Gasteiger charge is -2.20. The molecule has 9 heteroatoms. The highest BCUT2D eigenvalue weighted by Crippen LogP contribution is 2.18. The van der Waals surface area contributed by atoms with Crippen molar-refractivity contribution >= 4 is 23.4 Å². The molecule has 0 aliphatic heterocycles. The molecule has 2 heterocycles. The van der Waals surface area contributed by atoms with Crippen molar-refractivity contribution in [3.63, 3.8) is 0 Å². The summed E-state index contributed by atoms with van der Waals surface area (Å²) in [6.07, 6.45) is 4.25. The topological polar surface area (TPSA) is 97.5 Å². The van der Waals surface area contributed by atoms with E-state index in [2.05, 4.69) is 30.8 Å². The first-order valence-electron chi connectivity index (χ1n) is 12.0. The number of hydrogen-bond acceptors (Lipinski definition) is 6. The first-order chi connectivity index (χ1) is 18.1. The van der Waals surface area contributed by atoms with E-state index in [1.807, 2.05) is 78.5 Å². The average molecular weight is 496 g/mol. The molecule has 0 saturated heterocycles. The van der Waals surface area contributed by atoms with Crippen LogP contribution in [-0.4, -0.2) is 40.1 Å². The van der Waals surface area contributed by atoms with Gasteiger partial charge < -0.3 is 25.3 Å². The lowest BCUT2D eigenvalue weighted by Crippen LogP contribution is -2.41. The predicted molar refractivity (Wildman–Crippen MR) is 144 cm³/mol. The molecule has 3 N–H and O–H groups in total. The highest BCUT2D eigenvalue weighted by molar-refractivity contribution is 5.84. The van der Waals surface area contributed by atoms with Gasteiger partial charge in [0.1, 0.15) is 23.4 Å². The number of carbonyl (C=O) groups is 1. The molecular formula is C28H29N7O2. The maximum Gasteiger partial charge on any atom is 0.243 e. The van der Waals surface area contributed by atoms with Crippen molar-refractivity contribution in [3.8, 4) is 11.6 Å². The second-order valence-electron chi connectivity index (χ2n) is 8.30. The van der Waals surface area contributed by atoms with Gasteiger partial charge in [0.15, 0.2) is 5.69 Å². The Morgan fingerprint density at radius 1 is 1.05 bits per heavy atom. The van der Waals surface area contributed by atoms with E-state index in [4.69, 9.17) is 11.3 Å². The number of anilines is 2. The number of carbonyl (C=O) groups excluding carboxylic acids is 1. The summed E-state index contributed by atoms with van der Waals surface area (Å²) >= 11 is 0. The standard InChI is InChI=1S/C28H29N7O2/c1-4-30-28-33-25(18-26(34-28)35-15-5-6-16-35)32-24(17-20-9-13-23(37-3)14-10-20)27(36)31-19-21-7-11-22(29-2)12-8-21/h5-16,18,24H,4,17,19H2,1,3H3,(H,31,36)(H2,30,32,33,34)/t24-/m1/s1. The molecule has 1 amide bonds. The minimum Gasteiger partial charge on any atom is -0.497 e. The summed E-state index contributed by atoms with van der Waals surface area (Å²) in [6, 6.07) is 19.9. The fourth-order valence-electron chi connectivity index (χ4n) is 3.75. The quantitative estimate of drug-likeness (QED) is 0.263. The molecule has 37 heavy (non-hydrogen) atoms. The largest absolute Gasteiger partial charge is 0.497 e. The van der Waals surface area contributed by atoms with Gasteiger partial charge in [-0.15, -0.1) is 0 Å². The lowest BCUT2D eigenvalue weighted by molar-refractivity contribution is -0.122. The van der Waals surface area contributed by atoms with Crippen LogP contribution in [0.4, 0.5) is 17.5 Å². The number of nitrogens with one attached hydrogen (secondary N) is 3. The maximum absolute atomic E-state index is 13.4. The Hall–Kier alpha value is -4.84. The van der Waals surface area contributed by atoms with Crippen LogP contribution in [-0.2, 0) is 17.8 Å². The van der Waals surface area contributed by atoms with Crippen molar-refractivity contribution in [1.29, 1.82) is 0 Å². The number of ether oxygens (including phenoxy) is 1.